The fraction of sp³-hybridized carbons (Fsp3) is 0.273. The minimum Gasteiger partial charge on any atom is -0.462 e. The molecular weight excluding hydrogens is 409 g/mol. The number of nitrogens with zero attached hydrogens (tertiary/aromatic N) is 3. The second-order valence-corrected chi connectivity index (χ2v) is 6.67. The van der Waals surface area contributed by atoms with E-state index in [0.29, 0.717) is 17.1 Å². The summed E-state index contributed by atoms with van der Waals surface area (Å²) in [5.41, 5.74) is 0.858. The number of aromatic nitrogens is 3. The molecule has 0 spiro atoms. The molecule has 1 atom stereocenters. The smallest absolute Gasteiger partial charge is 0.341 e. The average Bonchev–Trinajstić information content (AvgIpc) is 2.76. The zero-order valence-corrected chi connectivity index (χ0v) is 16.8. The van der Waals surface area contributed by atoms with Crippen molar-refractivity contribution in [3.63, 3.8) is 0 Å². The van der Waals surface area contributed by atoms with Crippen LogP contribution in [0.4, 0.5) is 19.0 Å². The standard InChI is InChI=1S/C22H21F3N4O2/c1-2-31-22(30)16-12-14(5-6-17(16)24)19-7-8-21(29-28-19)27-11-9-15(23)13-20-18(25)4-3-10-26-20/h3-8,10,12,15H,2,9,11,13H2,1H3,(H,27,29)/t15-/m0/s1. The molecule has 0 unspecified atom stereocenters. The number of carbonyl (C=O) groups is 1. The van der Waals surface area contributed by atoms with E-state index in [-0.39, 0.29) is 37.3 Å². The van der Waals surface area contributed by atoms with Crippen LogP contribution < -0.4 is 5.32 Å². The highest BCUT2D eigenvalue weighted by molar-refractivity contribution is 5.91. The van der Waals surface area contributed by atoms with Crippen LogP contribution in [0.2, 0.25) is 0 Å². The first-order valence-electron chi connectivity index (χ1n) is 9.76. The molecule has 0 aliphatic carbocycles. The maximum absolute atomic E-state index is 14.1. The number of halogens is 3. The summed E-state index contributed by atoms with van der Waals surface area (Å²) in [4.78, 5) is 15.7. The number of pyridine rings is 1. The molecular formula is C22H21F3N4O2. The summed E-state index contributed by atoms with van der Waals surface area (Å²) in [6, 6.07) is 10.0. The third-order valence-electron chi connectivity index (χ3n) is 4.44. The number of hydrogen-bond acceptors (Lipinski definition) is 6. The van der Waals surface area contributed by atoms with E-state index in [4.69, 9.17) is 4.74 Å². The molecule has 1 N–H and O–H groups in total. The van der Waals surface area contributed by atoms with E-state index in [1.165, 1.54) is 36.5 Å². The molecule has 0 bridgehead atoms. The van der Waals surface area contributed by atoms with Crippen LogP contribution in [0.15, 0.2) is 48.7 Å². The van der Waals surface area contributed by atoms with Crippen LogP contribution in [-0.2, 0) is 11.2 Å². The van der Waals surface area contributed by atoms with Crippen molar-refractivity contribution in [2.75, 3.05) is 18.5 Å². The van der Waals surface area contributed by atoms with Gasteiger partial charge in [0.2, 0.25) is 0 Å². The zero-order valence-electron chi connectivity index (χ0n) is 16.8. The Hall–Kier alpha value is -3.49. The lowest BCUT2D eigenvalue weighted by Gasteiger charge is -2.10. The number of esters is 1. The first-order chi connectivity index (χ1) is 15.0. The van der Waals surface area contributed by atoms with E-state index >= 15 is 0 Å². The Bertz CT molecular complexity index is 1030. The number of nitrogens with one attached hydrogen (secondary N) is 1. The van der Waals surface area contributed by atoms with Gasteiger partial charge in [-0.1, -0.05) is 0 Å². The van der Waals surface area contributed by atoms with E-state index in [0.717, 1.165) is 0 Å². The summed E-state index contributed by atoms with van der Waals surface area (Å²) in [7, 11) is 0. The SMILES string of the molecule is CCOC(=O)c1cc(-c2ccc(NCC[C@H](F)Cc3ncccc3F)nn2)ccc1F. The first kappa shape index (κ1) is 22.2. The minimum absolute atomic E-state index is 0.0978. The molecule has 9 heteroatoms. The van der Waals surface area contributed by atoms with Gasteiger partial charge in [-0.25, -0.2) is 18.0 Å². The molecule has 1 aromatic carbocycles. The van der Waals surface area contributed by atoms with Gasteiger partial charge in [0, 0.05) is 24.7 Å². The van der Waals surface area contributed by atoms with Gasteiger partial charge in [-0.3, -0.25) is 4.98 Å². The van der Waals surface area contributed by atoms with E-state index < -0.39 is 23.8 Å². The van der Waals surface area contributed by atoms with Gasteiger partial charge >= 0.3 is 5.97 Å². The van der Waals surface area contributed by atoms with Gasteiger partial charge in [0.05, 0.1) is 23.6 Å². The summed E-state index contributed by atoms with van der Waals surface area (Å²) >= 11 is 0. The largest absolute Gasteiger partial charge is 0.462 e. The van der Waals surface area contributed by atoms with E-state index in [2.05, 4.69) is 20.5 Å². The molecule has 6 nitrogen and oxygen atoms in total. The minimum atomic E-state index is -1.26. The molecule has 0 fully saturated rings. The van der Waals surface area contributed by atoms with Crippen LogP contribution in [0.5, 0.6) is 0 Å². The van der Waals surface area contributed by atoms with Crippen molar-refractivity contribution in [1.29, 1.82) is 0 Å². The lowest BCUT2D eigenvalue weighted by Crippen LogP contribution is -2.14. The van der Waals surface area contributed by atoms with E-state index in [1.54, 1.807) is 19.1 Å². The molecule has 0 radical (unpaired) electrons. The third-order valence-corrected chi connectivity index (χ3v) is 4.44. The maximum atomic E-state index is 14.1. The third kappa shape index (κ3) is 6.00. The molecule has 162 valence electrons. The van der Waals surface area contributed by atoms with Gasteiger partial charge in [0.1, 0.15) is 23.6 Å². The van der Waals surface area contributed by atoms with E-state index in [9.17, 15) is 18.0 Å². The number of carbonyl (C=O) groups excluding carboxylic acids is 1. The highest BCUT2D eigenvalue weighted by Crippen LogP contribution is 2.21. The summed E-state index contributed by atoms with van der Waals surface area (Å²) < 4.78 is 46.4. The van der Waals surface area contributed by atoms with Crippen molar-refractivity contribution < 1.29 is 22.7 Å². The van der Waals surface area contributed by atoms with Gasteiger partial charge in [0.25, 0.3) is 0 Å². The van der Waals surface area contributed by atoms with Gasteiger partial charge in [-0.15, -0.1) is 10.2 Å². The maximum Gasteiger partial charge on any atom is 0.341 e. The van der Waals surface area contributed by atoms with Crippen LogP contribution in [0, 0.1) is 11.6 Å². The molecule has 3 aromatic rings. The Kier molecular flexibility index (Phi) is 7.53. The predicted octanol–water partition coefficient (Wildman–Crippen LogP) is 4.38. The summed E-state index contributed by atoms with van der Waals surface area (Å²) in [6.07, 6.45) is 0.203. The molecule has 0 aliphatic rings. The number of ether oxygens (including phenoxy) is 1. The number of alkyl halides is 1. The van der Waals surface area contributed by atoms with Gasteiger partial charge in [-0.2, -0.15) is 0 Å². The lowest BCUT2D eigenvalue weighted by molar-refractivity contribution is 0.0521. The molecule has 31 heavy (non-hydrogen) atoms. The van der Waals surface area contributed by atoms with Gasteiger partial charge in [0.15, 0.2) is 0 Å². The van der Waals surface area contributed by atoms with E-state index in [1.807, 2.05) is 0 Å². The molecule has 0 saturated carbocycles. The van der Waals surface area contributed by atoms with Crippen molar-refractivity contribution in [2.24, 2.45) is 0 Å². The van der Waals surface area contributed by atoms with Crippen LogP contribution in [0.1, 0.15) is 29.4 Å². The number of benzene rings is 1. The lowest BCUT2D eigenvalue weighted by atomic mass is 10.1. The summed E-state index contributed by atoms with van der Waals surface area (Å²) in [5.74, 6) is -1.53. The fourth-order valence-corrected chi connectivity index (χ4v) is 2.87. The molecule has 0 aliphatic heterocycles. The molecule has 0 amide bonds. The van der Waals surface area contributed by atoms with Crippen molar-refractivity contribution in [1.82, 2.24) is 15.2 Å². The Morgan fingerprint density at radius 3 is 2.68 bits per heavy atom. The van der Waals surface area contributed by atoms with Crippen molar-refractivity contribution in [3.8, 4) is 11.3 Å². The number of rotatable bonds is 9. The first-order valence-corrected chi connectivity index (χ1v) is 9.76. The molecule has 3 rings (SSSR count). The topological polar surface area (TPSA) is 77.0 Å². The monoisotopic (exact) mass is 430 g/mol. The Morgan fingerprint density at radius 1 is 1.13 bits per heavy atom. The highest BCUT2D eigenvalue weighted by Gasteiger charge is 2.15. The van der Waals surface area contributed by atoms with Gasteiger partial charge < -0.3 is 10.1 Å². The second kappa shape index (κ2) is 10.5. The van der Waals surface area contributed by atoms with Crippen molar-refractivity contribution >= 4 is 11.8 Å². The number of anilines is 1. The van der Waals surface area contributed by atoms with Crippen LogP contribution in [-0.4, -0.2) is 40.5 Å². The molecule has 2 heterocycles. The van der Waals surface area contributed by atoms with Gasteiger partial charge in [-0.05, 0) is 55.8 Å². The van der Waals surface area contributed by atoms with Crippen LogP contribution in [0.25, 0.3) is 11.3 Å². The van der Waals surface area contributed by atoms with Crippen LogP contribution >= 0.6 is 0 Å². The Labute approximate surface area is 177 Å². The fourth-order valence-electron chi connectivity index (χ4n) is 2.87. The Morgan fingerprint density at radius 2 is 1.97 bits per heavy atom. The summed E-state index contributed by atoms with van der Waals surface area (Å²) in [5, 5.41) is 11.0. The average molecular weight is 430 g/mol. The molecule has 0 saturated heterocycles. The van der Waals surface area contributed by atoms with Crippen LogP contribution in [0.3, 0.4) is 0 Å². The number of hydrogen-bond donors (Lipinski definition) is 1. The zero-order chi connectivity index (χ0) is 22.2. The van der Waals surface area contributed by atoms with Crippen molar-refractivity contribution in [3.05, 3.63) is 71.6 Å². The quantitative estimate of drug-likeness (QED) is 0.508. The predicted molar refractivity (Wildman–Crippen MR) is 109 cm³/mol. The second-order valence-electron chi connectivity index (χ2n) is 6.67. The normalized spacial score (nSPS) is 11.7. The molecule has 2 aromatic heterocycles. The Balaban J connectivity index is 1.56. The highest BCUT2D eigenvalue weighted by atomic mass is 19.1. The summed E-state index contributed by atoms with van der Waals surface area (Å²) in [6.45, 7) is 2.05. The van der Waals surface area contributed by atoms with Crippen molar-refractivity contribution in [2.45, 2.75) is 25.9 Å².